The van der Waals surface area contributed by atoms with Crippen molar-refractivity contribution in [3.63, 3.8) is 0 Å². The van der Waals surface area contributed by atoms with Crippen molar-refractivity contribution in [3.05, 3.63) is 29.6 Å². The van der Waals surface area contributed by atoms with Crippen molar-refractivity contribution in [1.29, 1.82) is 0 Å². The molecule has 2 aromatic heterocycles. The molecule has 3 heterocycles. The van der Waals surface area contributed by atoms with Gasteiger partial charge in [0.2, 0.25) is 0 Å². The third-order valence-electron chi connectivity index (χ3n) is 2.47. The Bertz CT molecular complexity index is 505. The molecule has 16 heavy (non-hydrogen) atoms. The highest BCUT2D eigenvalue weighted by molar-refractivity contribution is 5.21. The second-order valence-electron chi connectivity index (χ2n) is 3.52. The molecule has 7 heteroatoms. The molecule has 1 N–H and O–H groups in total. The summed E-state index contributed by atoms with van der Waals surface area (Å²) < 4.78 is 14.3. The Hall–Kier alpha value is -1.89. The summed E-state index contributed by atoms with van der Waals surface area (Å²) in [4.78, 5) is 7.77. The smallest absolute Gasteiger partial charge is 0.252 e. The number of fused-ring (bicyclic) bond motifs is 1. The zero-order valence-corrected chi connectivity index (χ0v) is 8.39. The van der Waals surface area contributed by atoms with Gasteiger partial charge in [0.1, 0.15) is 5.69 Å². The van der Waals surface area contributed by atoms with Gasteiger partial charge >= 0.3 is 0 Å². The van der Waals surface area contributed by atoms with Gasteiger partial charge in [-0.2, -0.15) is 4.68 Å². The number of rotatable bonds is 1. The number of halogens is 1. The maximum Gasteiger partial charge on any atom is 0.252 e. The first kappa shape index (κ1) is 9.34. The van der Waals surface area contributed by atoms with Crippen LogP contribution in [0.2, 0.25) is 0 Å². The predicted octanol–water partition coefficient (Wildman–Crippen LogP) is -0.158. The van der Waals surface area contributed by atoms with Crippen molar-refractivity contribution in [2.45, 2.75) is 13.0 Å². The van der Waals surface area contributed by atoms with Crippen LogP contribution < -0.4 is 5.32 Å². The Kier molecular flexibility index (Phi) is 2.10. The average Bonchev–Trinajstić information content (AvgIpc) is 2.74. The van der Waals surface area contributed by atoms with E-state index in [0.717, 1.165) is 36.7 Å². The Morgan fingerprint density at radius 2 is 2.12 bits per heavy atom. The van der Waals surface area contributed by atoms with Crippen molar-refractivity contribution in [1.82, 2.24) is 30.3 Å². The highest BCUT2D eigenvalue weighted by atomic mass is 19.1. The molecule has 0 unspecified atom stereocenters. The van der Waals surface area contributed by atoms with Crippen molar-refractivity contribution in [2.24, 2.45) is 0 Å². The standard InChI is InChI=1S/C9H9FN6/c10-6-3-12-9(13-4-6)16-8-1-2-11-5-7(8)14-15-16/h3-4,11H,1-2,5H2. The summed E-state index contributed by atoms with van der Waals surface area (Å²) in [5.74, 6) is -0.101. The normalized spacial score (nSPS) is 14.8. The Labute approximate surface area is 90.5 Å². The summed E-state index contributed by atoms with van der Waals surface area (Å²) >= 11 is 0. The van der Waals surface area contributed by atoms with Gasteiger partial charge in [-0.3, -0.25) is 0 Å². The van der Waals surface area contributed by atoms with E-state index in [4.69, 9.17) is 0 Å². The number of aromatic nitrogens is 5. The first-order chi connectivity index (χ1) is 7.84. The molecule has 0 radical (unpaired) electrons. The zero-order chi connectivity index (χ0) is 11.0. The quantitative estimate of drug-likeness (QED) is 0.723. The summed E-state index contributed by atoms with van der Waals surface area (Å²) in [5, 5.41) is 11.2. The van der Waals surface area contributed by atoms with Crippen LogP contribution in [0.5, 0.6) is 0 Å². The second-order valence-corrected chi connectivity index (χ2v) is 3.52. The fourth-order valence-corrected chi connectivity index (χ4v) is 1.71. The molecule has 0 aromatic carbocycles. The predicted molar refractivity (Wildman–Crippen MR) is 52.3 cm³/mol. The van der Waals surface area contributed by atoms with Gasteiger partial charge in [0.15, 0.2) is 5.82 Å². The molecule has 0 spiro atoms. The molecule has 1 aliphatic heterocycles. The minimum Gasteiger partial charge on any atom is -0.311 e. The van der Waals surface area contributed by atoms with Gasteiger partial charge in [-0.25, -0.2) is 14.4 Å². The molecule has 3 rings (SSSR count). The van der Waals surface area contributed by atoms with Crippen molar-refractivity contribution in [2.75, 3.05) is 6.54 Å². The van der Waals surface area contributed by atoms with Gasteiger partial charge in [-0.05, 0) is 0 Å². The fraction of sp³-hybridized carbons (Fsp3) is 0.333. The molecule has 1 aliphatic rings. The van der Waals surface area contributed by atoms with E-state index in [1.54, 1.807) is 4.68 Å². The van der Waals surface area contributed by atoms with Crippen LogP contribution >= 0.6 is 0 Å². The molecule has 2 aromatic rings. The molecule has 0 aliphatic carbocycles. The lowest BCUT2D eigenvalue weighted by atomic mass is 10.2. The number of nitrogens with one attached hydrogen (secondary N) is 1. The summed E-state index contributed by atoms with van der Waals surface area (Å²) in [6.45, 7) is 1.58. The summed E-state index contributed by atoms with van der Waals surface area (Å²) in [5.41, 5.74) is 1.89. The fourth-order valence-electron chi connectivity index (χ4n) is 1.71. The summed E-state index contributed by atoms with van der Waals surface area (Å²) in [7, 11) is 0. The number of hydrogen-bond acceptors (Lipinski definition) is 5. The Balaban J connectivity index is 2.06. The van der Waals surface area contributed by atoms with E-state index in [9.17, 15) is 4.39 Å². The summed E-state index contributed by atoms with van der Waals surface area (Å²) in [6, 6.07) is 0. The van der Waals surface area contributed by atoms with Crippen molar-refractivity contribution in [3.8, 4) is 5.95 Å². The lowest BCUT2D eigenvalue weighted by Gasteiger charge is -2.12. The SMILES string of the molecule is Fc1cnc(-n2nnc3c2CCNC3)nc1. The van der Waals surface area contributed by atoms with Crippen LogP contribution in [0.25, 0.3) is 5.95 Å². The maximum atomic E-state index is 12.7. The molecule has 0 saturated heterocycles. The largest absolute Gasteiger partial charge is 0.311 e. The maximum absolute atomic E-state index is 12.7. The molecular formula is C9H9FN6. The molecule has 0 fully saturated rings. The van der Waals surface area contributed by atoms with Gasteiger partial charge in [0, 0.05) is 19.5 Å². The van der Waals surface area contributed by atoms with E-state index < -0.39 is 5.82 Å². The highest BCUT2D eigenvalue weighted by Gasteiger charge is 2.18. The van der Waals surface area contributed by atoms with E-state index in [1.807, 2.05) is 0 Å². The number of nitrogens with zero attached hydrogens (tertiary/aromatic N) is 5. The van der Waals surface area contributed by atoms with E-state index >= 15 is 0 Å². The third kappa shape index (κ3) is 1.45. The van der Waals surface area contributed by atoms with E-state index in [0.29, 0.717) is 12.5 Å². The third-order valence-corrected chi connectivity index (χ3v) is 2.47. The first-order valence-electron chi connectivity index (χ1n) is 4.96. The van der Waals surface area contributed by atoms with Crippen LogP contribution in [-0.4, -0.2) is 31.5 Å². The molecule has 82 valence electrons. The van der Waals surface area contributed by atoms with Crippen LogP contribution in [0.15, 0.2) is 12.4 Å². The van der Waals surface area contributed by atoms with Gasteiger partial charge in [0.05, 0.1) is 18.1 Å². The van der Waals surface area contributed by atoms with Crippen LogP contribution in [0, 0.1) is 5.82 Å². The zero-order valence-electron chi connectivity index (χ0n) is 8.39. The Morgan fingerprint density at radius 3 is 2.94 bits per heavy atom. The van der Waals surface area contributed by atoms with E-state index in [2.05, 4.69) is 25.6 Å². The summed E-state index contributed by atoms with van der Waals surface area (Å²) in [6.07, 6.45) is 3.07. The van der Waals surface area contributed by atoms with Crippen LogP contribution in [-0.2, 0) is 13.0 Å². The number of hydrogen-bond donors (Lipinski definition) is 1. The monoisotopic (exact) mass is 220 g/mol. The van der Waals surface area contributed by atoms with Crippen LogP contribution in [0.4, 0.5) is 4.39 Å². The van der Waals surface area contributed by atoms with E-state index in [-0.39, 0.29) is 0 Å². The minimum atomic E-state index is -0.459. The molecule has 0 atom stereocenters. The molecular weight excluding hydrogens is 211 g/mol. The minimum absolute atomic E-state index is 0.358. The molecule has 0 amide bonds. The topological polar surface area (TPSA) is 68.5 Å². The van der Waals surface area contributed by atoms with Gasteiger partial charge in [0.25, 0.3) is 5.95 Å². The lowest BCUT2D eigenvalue weighted by molar-refractivity contribution is 0.598. The first-order valence-corrected chi connectivity index (χ1v) is 4.96. The van der Waals surface area contributed by atoms with Gasteiger partial charge in [-0.15, -0.1) is 5.10 Å². The van der Waals surface area contributed by atoms with E-state index in [1.165, 1.54) is 0 Å². The lowest BCUT2D eigenvalue weighted by Crippen LogP contribution is -2.25. The van der Waals surface area contributed by atoms with Crippen molar-refractivity contribution < 1.29 is 4.39 Å². The van der Waals surface area contributed by atoms with Gasteiger partial charge < -0.3 is 5.32 Å². The molecule has 6 nitrogen and oxygen atoms in total. The molecule has 0 saturated carbocycles. The molecule has 0 bridgehead atoms. The highest BCUT2D eigenvalue weighted by Crippen LogP contribution is 2.12. The van der Waals surface area contributed by atoms with Gasteiger partial charge in [-0.1, -0.05) is 5.21 Å². The average molecular weight is 220 g/mol. The van der Waals surface area contributed by atoms with Crippen molar-refractivity contribution >= 4 is 0 Å². The Morgan fingerprint density at radius 1 is 1.31 bits per heavy atom. The van der Waals surface area contributed by atoms with Crippen LogP contribution in [0.3, 0.4) is 0 Å². The van der Waals surface area contributed by atoms with Crippen LogP contribution in [0.1, 0.15) is 11.4 Å². The second kappa shape index (κ2) is 3.60.